The summed E-state index contributed by atoms with van der Waals surface area (Å²) in [6, 6.07) is 9.18. The molecule has 24 heavy (non-hydrogen) atoms. The van der Waals surface area contributed by atoms with Gasteiger partial charge in [-0.15, -0.1) is 0 Å². The van der Waals surface area contributed by atoms with E-state index in [2.05, 4.69) is 15.8 Å². The van der Waals surface area contributed by atoms with E-state index in [1.54, 1.807) is 0 Å². The third kappa shape index (κ3) is 5.30. The summed E-state index contributed by atoms with van der Waals surface area (Å²) in [4.78, 5) is 12.0. The second-order valence-electron chi connectivity index (χ2n) is 5.93. The third-order valence-electron chi connectivity index (χ3n) is 3.47. The van der Waals surface area contributed by atoms with E-state index in [4.69, 9.17) is 9.26 Å². The SMILES string of the molecule is CCc1cc(CNC(=O)NC(C)c2cccc(OC(C)C)c2)on1. The summed E-state index contributed by atoms with van der Waals surface area (Å²) < 4.78 is 10.8. The fourth-order valence-electron chi connectivity index (χ4n) is 2.23. The van der Waals surface area contributed by atoms with Crippen molar-refractivity contribution >= 4 is 6.03 Å². The lowest BCUT2D eigenvalue weighted by Gasteiger charge is -2.16. The molecule has 0 fully saturated rings. The average molecular weight is 331 g/mol. The first-order chi connectivity index (χ1) is 11.5. The van der Waals surface area contributed by atoms with Gasteiger partial charge in [0.1, 0.15) is 5.75 Å². The van der Waals surface area contributed by atoms with E-state index in [9.17, 15) is 4.79 Å². The molecule has 130 valence electrons. The molecule has 6 heteroatoms. The maximum atomic E-state index is 12.0. The van der Waals surface area contributed by atoms with Gasteiger partial charge < -0.3 is 19.9 Å². The quantitative estimate of drug-likeness (QED) is 0.813. The molecule has 0 saturated heterocycles. The van der Waals surface area contributed by atoms with Crippen LogP contribution in [0.5, 0.6) is 5.75 Å². The first-order valence-electron chi connectivity index (χ1n) is 8.23. The van der Waals surface area contributed by atoms with Crippen LogP contribution in [0.1, 0.15) is 50.8 Å². The molecule has 2 N–H and O–H groups in total. The summed E-state index contributed by atoms with van der Waals surface area (Å²) in [5, 5.41) is 9.56. The van der Waals surface area contributed by atoms with Crippen molar-refractivity contribution in [2.45, 2.75) is 52.8 Å². The highest BCUT2D eigenvalue weighted by molar-refractivity contribution is 5.74. The molecule has 1 atom stereocenters. The van der Waals surface area contributed by atoms with Crippen LogP contribution in [0.15, 0.2) is 34.9 Å². The molecular weight excluding hydrogens is 306 g/mol. The molecule has 2 aromatic rings. The smallest absolute Gasteiger partial charge is 0.315 e. The Morgan fingerprint density at radius 2 is 2.08 bits per heavy atom. The van der Waals surface area contributed by atoms with Gasteiger partial charge in [0.25, 0.3) is 0 Å². The fourth-order valence-corrected chi connectivity index (χ4v) is 2.23. The van der Waals surface area contributed by atoms with Crippen molar-refractivity contribution < 1.29 is 14.1 Å². The van der Waals surface area contributed by atoms with Crippen LogP contribution in [-0.4, -0.2) is 17.3 Å². The molecule has 0 aliphatic carbocycles. The van der Waals surface area contributed by atoms with Crippen LogP contribution >= 0.6 is 0 Å². The number of carbonyl (C=O) groups is 1. The van der Waals surface area contributed by atoms with E-state index in [1.807, 2.05) is 58.0 Å². The number of urea groups is 1. The number of carbonyl (C=O) groups excluding carboxylic acids is 1. The van der Waals surface area contributed by atoms with Gasteiger partial charge in [0.2, 0.25) is 0 Å². The maximum absolute atomic E-state index is 12.0. The minimum Gasteiger partial charge on any atom is -0.491 e. The number of ether oxygens (including phenoxy) is 1. The standard InChI is InChI=1S/C18H25N3O3/c1-5-15-10-17(24-21-15)11-19-18(22)20-13(4)14-7-6-8-16(9-14)23-12(2)3/h6-10,12-13H,5,11H2,1-4H3,(H2,19,20,22). The fraction of sp³-hybridized carbons (Fsp3) is 0.444. The number of hydrogen-bond donors (Lipinski definition) is 2. The van der Waals surface area contributed by atoms with Gasteiger partial charge >= 0.3 is 6.03 Å². The number of benzene rings is 1. The summed E-state index contributed by atoms with van der Waals surface area (Å²) in [6.45, 7) is 8.20. The number of aryl methyl sites for hydroxylation is 1. The molecule has 6 nitrogen and oxygen atoms in total. The second-order valence-corrected chi connectivity index (χ2v) is 5.93. The van der Waals surface area contributed by atoms with Gasteiger partial charge in [-0.2, -0.15) is 0 Å². The minimum atomic E-state index is -0.257. The van der Waals surface area contributed by atoms with E-state index in [0.29, 0.717) is 12.3 Å². The highest BCUT2D eigenvalue weighted by Crippen LogP contribution is 2.20. The minimum absolute atomic E-state index is 0.113. The Bertz CT molecular complexity index is 667. The zero-order valence-corrected chi connectivity index (χ0v) is 14.6. The Morgan fingerprint density at radius 1 is 1.29 bits per heavy atom. The molecule has 0 aliphatic rings. The molecule has 2 amide bonds. The summed E-state index contributed by atoms with van der Waals surface area (Å²) in [7, 11) is 0. The number of nitrogens with one attached hydrogen (secondary N) is 2. The van der Waals surface area contributed by atoms with Crippen LogP contribution in [0.3, 0.4) is 0 Å². The van der Waals surface area contributed by atoms with Gasteiger partial charge in [0, 0.05) is 6.07 Å². The molecule has 0 bridgehead atoms. The Hall–Kier alpha value is -2.50. The molecule has 1 aromatic heterocycles. The van der Waals surface area contributed by atoms with Crippen molar-refractivity contribution in [3.8, 4) is 5.75 Å². The van der Waals surface area contributed by atoms with Gasteiger partial charge in [-0.1, -0.05) is 24.2 Å². The normalized spacial score (nSPS) is 12.0. The highest BCUT2D eigenvalue weighted by Gasteiger charge is 2.11. The van der Waals surface area contributed by atoms with Crippen LogP contribution in [-0.2, 0) is 13.0 Å². The van der Waals surface area contributed by atoms with Gasteiger partial charge in [0.05, 0.1) is 24.4 Å². The van der Waals surface area contributed by atoms with Crippen molar-refractivity contribution in [1.82, 2.24) is 15.8 Å². The van der Waals surface area contributed by atoms with Crippen LogP contribution in [0.2, 0.25) is 0 Å². The summed E-state index contributed by atoms with van der Waals surface area (Å²) >= 11 is 0. The average Bonchev–Trinajstić information content (AvgIpc) is 3.00. The van der Waals surface area contributed by atoms with E-state index < -0.39 is 0 Å². The lowest BCUT2D eigenvalue weighted by molar-refractivity contribution is 0.235. The maximum Gasteiger partial charge on any atom is 0.315 e. The van der Waals surface area contributed by atoms with E-state index >= 15 is 0 Å². The van der Waals surface area contributed by atoms with Gasteiger partial charge in [-0.05, 0) is 44.9 Å². The van der Waals surface area contributed by atoms with Gasteiger partial charge in [-0.3, -0.25) is 0 Å². The van der Waals surface area contributed by atoms with E-state index in [0.717, 1.165) is 23.4 Å². The van der Waals surface area contributed by atoms with Gasteiger partial charge in [0.15, 0.2) is 5.76 Å². The number of aromatic nitrogens is 1. The molecule has 0 spiro atoms. The van der Waals surface area contributed by atoms with E-state index in [1.165, 1.54) is 0 Å². The molecule has 1 heterocycles. The van der Waals surface area contributed by atoms with Crippen LogP contribution in [0.25, 0.3) is 0 Å². The molecule has 0 saturated carbocycles. The predicted molar refractivity (Wildman–Crippen MR) is 91.9 cm³/mol. The molecule has 1 aromatic carbocycles. The molecule has 0 radical (unpaired) electrons. The highest BCUT2D eigenvalue weighted by atomic mass is 16.5. The Balaban J connectivity index is 1.86. The van der Waals surface area contributed by atoms with Crippen LogP contribution in [0, 0.1) is 0 Å². The first kappa shape index (κ1) is 17.8. The molecule has 0 aliphatic heterocycles. The number of amides is 2. The van der Waals surface area contributed by atoms with Crippen molar-refractivity contribution in [3.63, 3.8) is 0 Å². The monoisotopic (exact) mass is 331 g/mol. The van der Waals surface area contributed by atoms with Crippen molar-refractivity contribution in [1.29, 1.82) is 0 Å². The molecule has 1 unspecified atom stereocenters. The largest absolute Gasteiger partial charge is 0.491 e. The Labute approximate surface area is 142 Å². The number of rotatable bonds is 7. The zero-order chi connectivity index (χ0) is 17.5. The lowest BCUT2D eigenvalue weighted by atomic mass is 10.1. The van der Waals surface area contributed by atoms with Crippen molar-refractivity contribution in [2.24, 2.45) is 0 Å². The van der Waals surface area contributed by atoms with Crippen molar-refractivity contribution in [2.75, 3.05) is 0 Å². The summed E-state index contributed by atoms with van der Waals surface area (Å²) in [6.07, 6.45) is 0.920. The molecule has 2 rings (SSSR count). The first-order valence-corrected chi connectivity index (χ1v) is 8.23. The van der Waals surface area contributed by atoms with Gasteiger partial charge in [-0.25, -0.2) is 4.79 Å². The summed E-state index contributed by atoms with van der Waals surface area (Å²) in [5.41, 5.74) is 1.86. The predicted octanol–water partition coefficient (Wildman–Crippen LogP) is 3.58. The lowest BCUT2D eigenvalue weighted by Crippen LogP contribution is -2.36. The topological polar surface area (TPSA) is 76.4 Å². The number of hydrogen-bond acceptors (Lipinski definition) is 4. The number of nitrogens with zero attached hydrogens (tertiary/aromatic N) is 1. The van der Waals surface area contributed by atoms with Crippen molar-refractivity contribution in [3.05, 3.63) is 47.3 Å². The Morgan fingerprint density at radius 3 is 2.75 bits per heavy atom. The Kier molecular flexibility index (Phi) is 6.23. The van der Waals surface area contributed by atoms with Crippen LogP contribution in [0.4, 0.5) is 4.79 Å². The van der Waals surface area contributed by atoms with Crippen LogP contribution < -0.4 is 15.4 Å². The zero-order valence-electron chi connectivity index (χ0n) is 14.6. The second kappa shape index (κ2) is 8.38. The van der Waals surface area contributed by atoms with E-state index in [-0.39, 0.29) is 18.2 Å². The summed E-state index contributed by atoms with van der Waals surface area (Å²) in [5.74, 6) is 1.44. The molecular formula is C18H25N3O3. The third-order valence-corrected chi connectivity index (χ3v) is 3.47.